The Hall–Kier alpha value is -3.10. The van der Waals surface area contributed by atoms with E-state index in [-0.39, 0.29) is 17.9 Å². The van der Waals surface area contributed by atoms with Gasteiger partial charge in [-0.1, -0.05) is 0 Å². The molecule has 29 heavy (non-hydrogen) atoms. The molecule has 4 rings (SSSR count). The summed E-state index contributed by atoms with van der Waals surface area (Å²) in [6, 6.07) is 4.90. The third-order valence-electron chi connectivity index (χ3n) is 5.36. The second kappa shape index (κ2) is 6.75. The van der Waals surface area contributed by atoms with E-state index in [4.69, 9.17) is 0 Å². The largest absolute Gasteiger partial charge is 0.416 e. The highest BCUT2D eigenvalue weighted by atomic mass is 19.4. The van der Waals surface area contributed by atoms with Gasteiger partial charge < -0.3 is 4.90 Å². The van der Waals surface area contributed by atoms with Gasteiger partial charge in [0.05, 0.1) is 12.0 Å². The van der Waals surface area contributed by atoms with Crippen molar-refractivity contribution in [3.8, 4) is 0 Å². The molecule has 3 heterocycles. The highest BCUT2D eigenvalue weighted by Crippen LogP contribution is 2.35. The van der Waals surface area contributed by atoms with Gasteiger partial charge in [-0.3, -0.25) is 14.7 Å². The molecule has 0 unspecified atom stereocenters. The van der Waals surface area contributed by atoms with E-state index in [1.165, 1.54) is 16.6 Å². The van der Waals surface area contributed by atoms with Crippen LogP contribution >= 0.6 is 0 Å². The zero-order chi connectivity index (χ0) is 20.9. The first-order chi connectivity index (χ1) is 13.6. The Labute approximate surface area is 164 Å². The topological polar surface area (TPSA) is 70.5 Å². The summed E-state index contributed by atoms with van der Waals surface area (Å²) in [7, 11) is 0. The lowest BCUT2D eigenvalue weighted by atomic mass is 9.98. The summed E-state index contributed by atoms with van der Waals surface area (Å²) in [5.74, 6) is -0.215. The number of nitrogens with one attached hydrogen (secondary N) is 1. The zero-order valence-electron chi connectivity index (χ0n) is 15.9. The van der Waals surface area contributed by atoms with Gasteiger partial charge in [0.1, 0.15) is 0 Å². The van der Waals surface area contributed by atoms with Gasteiger partial charge in [-0.2, -0.15) is 13.2 Å². The van der Waals surface area contributed by atoms with Gasteiger partial charge in [0.15, 0.2) is 5.65 Å². The molecule has 2 aromatic heterocycles. The summed E-state index contributed by atoms with van der Waals surface area (Å²) in [6.07, 6.45) is -3.27. The average Bonchev–Trinajstić information content (AvgIpc) is 3.03. The van der Waals surface area contributed by atoms with E-state index in [1.54, 1.807) is 18.7 Å². The minimum Gasteiger partial charge on any atom is -0.312 e. The van der Waals surface area contributed by atoms with Crippen molar-refractivity contribution in [1.82, 2.24) is 14.6 Å². The maximum absolute atomic E-state index is 13.1. The minimum atomic E-state index is -4.41. The number of hydrogen-bond acceptors (Lipinski definition) is 3. The highest BCUT2D eigenvalue weighted by Gasteiger charge is 2.32. The first-order valence-corrected chi connectivity index (χ1v) is 9.23. The summed E-state index contributed by atoms with van der Waals surface area (Å²) < 4.78 is 40.6. The SMILES string of the molecule is Cc1nc2cc(=O)[nH]n2c(C)c1CC(=O)N1CCCc2cc(C(F)(F)F)ccc21. The summed E-state index contributed by atoms with van der Waals surface area (Å²) in [6.45, 7) is 4.01. The maximum Gasteiger partial charge on any atom is 0.416 e. The first-order valence-electron chi connectivity index (χ1n) is 9.23. The first kappa shape index (κ1) is 19.2. The predicted molar refractivity (Wildman–Crippen MR) is 101 cm³/mol. The number of aromatic nitrogens is 3. The molecule has 0 aliphatic carbocycles. The van der Waals surface area contributed by atoms with Crippen molar-refractivity contribution in [2.45, 2.75) is 39.3 Å². The number of fused-ring (bicyclic) bond motifs is 2. The summed E-state index contributed by atoms with van der Waals surface area (Å²) in [5, 5.41) is 2.65. The number of amides is 1. The van der Waals surface area contributed by atoms with Gasteiger partial charge >= 0.3 is 6.18 Å². The number of benzene rings is 1. The Morgan fingerprint density at radius 1 is 1.24 bits per heavy atom. The lowest BCUT2D eigenvalue weighted by Crippen LogP contribution is -2.37. The van der Waals surface area contributed by atoms with Gasteiger partial charge in [0.25, 0.3) is 5.56 Å². The monoisotopic (exact) mass is 404 g/mol. The Balaban J connectivity index is 1.67. The lowest BCUT2D eigenvalue weighted by molar-refractivity contribution is -0.137. The van der Waals surface area contributed by atoms with Crippen molar-refractivity contribution >= 4 is 17.2 Å². The van der Waals surface area contributed by atoms with E-state index >= 15 is 0 Å². The van der Waals surface area contributed by atoms with Gasteiger partial charge in [-0.05, 0) is 50.5 Å². The van der Waals surface area contributed by atoms with E-state index in [9.17, 15) is 22.8 Å². The van der Waals surface area contributed by atoms with Crippen LogP contribution in [0.3, 0.4) is 0 Å². The van der Waals surface area contributed by atoms with Crippen LogP contribution in [0.25, 0.3) is 5.65 Å². The van der Waals surface area contributed by atoms with Gasteiger partial charge in [-0.15, -0.1) is 0 Å². The fourth-order valence-corrected chi connectivity index (χ4v) is 3.89. The summed E-state index contributed by atoms with van der Waals surface area (Å²) in [4.78, 5) is 30.6. The highest BCUT2D eigenvalue weighted by molar-refractivity contribution is 5.96. The molecule has 1 aromatic carbocycles. The number of rotatable bonds is 2. The number of hydrogen-bond donors (Lipinski definition) is 1. The molecular weight excluding hydrogens is 385 g/mol. The third kappa shape index (κ3) is 3.41. The molecule has 0 bridgehead atoms. The Kier molecular flexibility index (Phi) is 4.48. The molecule has 1 aliphatic rings. The van der Waals surface area contributed by atoms with Gasteiger partial charge in [0, 0.05) is 35.2 Å². The Morgan fingerprint density at radius 2 is 2.00 bits per heavy atom. The van der Waals surface area contributed by atoms with E-state index < -0.39 is 11.7 Å². The van der Waals surface area contributed by atoms with Crippen LogP contribution in [0.2, 0.25) is 0 Å². The number of aromatic amines is 1. The van der Waals surface area contributed by atoms with Crippen LogP contribution in [0.1, 0.15) is 34.5 Å². The number of carbonyl (C=O) groups is 1. The lowest BCUT2D eigenvalue weighted by Gasteiger charge is -2.30. The Morgan fingerprint density at radius 3 is 2.72 bits per heavy atom. The quantitative estimate of drug-likeness (QED) is 0.713. The second-order valence-electron chi connectivity index (χ2n) is 7.24. The predicted octanol–water partition coefficient (Wildman–Crippen LogP) is 3.18. The molecule has 152 valence electrons. The summed E-state index contributed by atoms with van der Waals surface area (Å²) in [5.41, 5.74) is 2.56. The number of carbonyl (C=O) groups excluding carboxylic acids is 1. The number of aryl methyl sites for hydroxylation is 3. The van der Waals surface area contributed by atoms with Crippen molar-refractivity contribution in [3.63, 3.8) is 0 Å². The van der Waals surface area contributed by atoms with Crippen molar-refractivity contribution in [3.05, 3.63) is 62.7 Å². The molecule has 0 atom stereocenters. The van der Waals surface area contributed by atoms with Gasteiger partial charge in [-0.25, -0.2) is 9.50 Å². The molecule has 0 saturated carbocycles. The molecule has 0 fully saturated rings. The van der Waals surface area contributed by atoms with Crippen LogP contribution in [0, 0.1) is 13.8 Å². The average molecular weight is 404 g/mol. The number of nitrogens with zero attached hydrogens (tertiary/aromatic N) is 3. The molecule has 6 nitrogen and oxygen atoms in total. The van der Waals surface area contributed by atoms with Crippen LogP contribution in [0.4, 0.5) is 18.9 Å². The molecule has 1 aliphatic heterocycles. The van der Waals surface area contributed by atoms with E-state index in [1.807, 2.05) is 0 Å². The molecule has 0 radical (unpaired) electrons. The maximum atomic E-state index is 13.1. The molecule has 9 heteroatoms. The van der Waals surface area contributed by atoms with Gasteiger partial charge in [0.2, 0.25) is 5.91 Å². The minimum absolute atomic E-state index is 0.0429. The van der Waals surface area contributed by atoms with Crippen LogP contribution in [-0.4, -0.2) is 27.0 Å². The smallest absolute Gasteiger partial charge is 0.312 e. The molecule has 3 aromatic rings. The van der Waals surface area contributed by atoms with Crippen molar-refractivity contribution in [1.29, 1.82) is 0 Å². The summed E-state index contributed by atoms with van der Waals surface area (Å²) >= 11 is 0. The molecular formula is C20H19F3N4O2. The molecule has 1 N–H and O–H groups in total. The van der Waals surface area contributed by atoms with Crippen molar-refractivity contribution < 1.29 is 18.0 Å². The van der Waals surface area contributed by atoms with Crippen molar-refractivity contribution in [2.24, 2.45) is 0 Å². The number of alkyl halides is 3. The number of H-pyrrole nitrogens is 1. The molecule has 1 amide bonds. The third-order valence-corrected chi connectivity index (χ3v) is 5.36. The molecule has 0 saturated heterocycles. The zero-order valence-corrected chi connectivity index (χ0v) is 15.9. The van der Waals surface area contributed by atoms with E-state index in [0.717, 1.165) is 12.1 Å². The standard InChI is InChI=1S/C20H19F3N4O2/c1-11-15(12(2)27-17(24-11)10-18(28)25-27)9-19(29)26-7-3-4-13-8-14(20(21,22)23)5-6-16(13)26/h5-6,8,10H,3-4,7,9H2,1-2H3,(H,25,28). The van der Waals surface area contributed by atoms with E-state index in [0.29, 0.717) is 53.2 Å². The van der Waals surface area contributed by atoms with E-state index in [2.05, 4.69) is 10.1 Å². The fourth-order valence-electron chi connectivity index (χ4n) is 3.89. The molecule has 0 spiro atoms. The van der Waals surface area contributed by atoms with Crippen LogP contribution in [0.5, 0.6) is 0 Å². The van der Waals surface area contributed by atoms with Crippen molar-refractivity contribution in [2.75, 3.05) is 11.4 Å². The van der Waals surface area contributed by atoms with Crippen LogP contribution in [-0.2, 0) is 23.8 Å². The second-order valence-corrected chi connectivity index (χ2v) is 7.24. The fraction of sp³-hybridized carbons (Fsp3) is 0.350. The number of anilines is 1. The van der Waals surface area contributed by atoms with Crippen LogP contribution < -0.4 is 10.5 Å². The Bertz CT molecular complexity index is 1180. The normalized spacial score (nSPS) is 14.3. The number of halogens is 3. The van der Waals surface area contributed by atoms with Crippen LogP contribution in [0.15, 0.2) is 29.1 Å².